The monoisotopic (exact) mass is 407 g/mol. The standard InChI is InChI=1S/C20H29N3O4S/c1-17(24)26-12-13-28-16-19(25)21-7-2-5-11-27-20-14-18(6-8-22-20)15-23-9-3-4-10-23/h2,5-6,8,14H,3-4,7,9-13,15-16H2,1H3,(H,21,25). The average Bonchev–Trinajstić information content (AvgIpc) is 3.17. The summed E-state index contributed by atoms with van der Waals surface area (Å²) in [4.78, 5) is 28.9. The van der Waals surface area contributed by atoms with Crippen molar-refractivity contribution in [1.82, 2.24) is 15.2 Å². The predicted molar refractivity (Wildman–Crippen MR) is 110 cm³/mol. The van der Waals surface area contributed by atoms with E-state index in [0.717, 1.165) is 19.6 Å². The van der Waals surface area contributed by atoms with Crippen LogP contribution in [0.1, 0.15) is 25.3 Å². The first-order chi connectivity index (χ1) is 13.6. The fraction of sp³-hybridized carbons (Fsp3) is 0.550. The second-order valence-corrected chi connectivity index (χ2v) is 7.57. The van der Waals surface area contributed by atoms with Gasteiger partial charge in [0.25, 0.3) is 0 Å². The fourth-order valence-corrected chi connectivity index (χ4v) is 3.38. The van der Waals surface area contributed by atoms with Crippen molar-refractivity contribution in [3.8, 4) is 5.88 Å². The Balaban J connectivity index is 1.54. The van der Waals surface area contributed by atoms with Gasteiger partial charge in [0.15, 0.2) is 0 Å². The van der Waals surface area contributed by atoms with E-state index in [1.807, 2.05) is 24.3 Å². The lowest BCUT2D eigenvalue weighted by Crippen LogP contribution is -2.25. The molecule has 0 bridgehead atoms. The smallest absolute Gasteiger partial charge is 0.302 e. The van der Waals surface area contributed by atoms with Crippen LogP contribution in [0.25, 0.3) is 0 Å². The van der Waals surface area contributed by atoms with Gasteiger partial charge in [-0.3, -0.25) is 14.5 Å². The minimum atomic E-state index is -0.300. The van der Waals surface area contributed by atoms with Crippen molar-refractivity contribution in [3.63, 3.8) is 0 Å². The van der Waals surface area contributed by atoms with E-state index in [0.29, 0.717) is 37.1 Å². The highest BCUT2D eigenvalue weighted by molar-refractivity contribution is 7.99. The zero-order valence-corrected chi connectivity index (χ0v) is 17.2. The summed E-state index contributed by atoms with van der Waals surface area (Å²) in [6, 6.07) is 4.02. The van der Waals surface area contributed by atoms with Crippen LogP contribution in [-0.4, -0.2) is 66.1 Å². The SMILES string of the molecule is CC(=O)OCCSCC(=O)NCC=CCOc1cc(CN2CCCC2)ccn1. The second kappa shape index (κ2) is 13.2. The summed E-state index contributed by atoms with van der Waals surface area (Å²) in [7, 11) is 0. The largest absolute Gasteiger partial charge is 0.473 e. The van der Waals surface area contributed by atoms with Crippen molar-refractivity contribution in [1.29, 1.82) is 0 Å². The lowest BCUT2D eigenvalue weighted by atomic mass is 10.2. The fourth-order valence-electron chi connectivity index (χ4n) is 2.74. The molecule has 0 unspecified atom stereocenters. The number of nitrogens with zero attached hydrogens (tertiary/aromatic N) is 2. The van der Waals surface area contributed by atoms with E-state index in [-0.39, 0.29) is 11.9 Å². The number of thioether (sulfide) groups is 1. The first-order valence-electron chi connectivity index (χ1n) is 9.56. The lowest BCUT2D eigenvalue weighted by Gasteiger charge is -2.14. The number of aromatic nitrogens is 1. The van der Waals surface area contributed by atoms with Gasteiger partial charge >= 0.3 is 5.97 Å². The normalized spacial score (nSPS) is 14.3. The maximum absolute atomic E-state index is 11.7. The van der Waals surface area contributed by atoms with Crippen molar-refractivity contribution in [2.75, 3.05) is 44.4 Å². The topological polar surface area (TPSA) is 80.8 Å². The van der Waals surface area contributed by atoms with Gasteiger partial charge in [-0.05, 0) is 43.6 Å². The number of nitrogens with one attached hydrogen (secondary N) is 1. The van der Waals surface area contributed by atoms with Gasteiger partial charge in [-0.25, -0.2) is 4.98 Å². The van der Waals surface area contributed by atoms with Crippen molar-refractivity contribution >= 4 is 23.6 Å². The number of esters is 1. The number of carbonyl (C=O) groups excluding carboxylic acids is 2. The molecular weight excluding hydrogens is 378 g/mol. The molecular formula is C20H29N3O4S. The molecule has 2 rings (SSSR count). The lowest BCUT2D eigenvalue weighted by molar-refractivity contribution is -0.140. The highest BCUT2D eigenvalue weighted by Gasteiger charge is 2.12. The molecule has 1 aliphatic heterocycles. The van der Waals surface area contributed by atoms with Gasteiger partial charge in [-0.1, -0.05) is 6.08 Å². The molecule has 1 N–H and O–H groups in total. The Morgan fingerprint density at radius 3 is 2.93 bits per heavy atom. The summed E-state index contributed by atoms with van der Waals surface area (Å²) in [6.07, 6.45) is 8.06. The second-order valence-electron chi connectivity index (χ2n) is 6.46. The molecule has 1 aromatic rings. The zero-order valence-electron chi connectivity index (χ0n) is 16.4. The Morgan fingerprint density at radius 1 is 1.32 bits per heavy atom. The number of likely N-dealkylation sites (tertiary alicyclic amines) is 1. The van der Waals surface area contributed by atoms with Gasteiger partial charge in [-0.2, -0.15) is 0 Å². The number of rotatable bonds is 12. The van der Waals surface area contributed by atoms with Gasteiger partial charge in [0.2, 0.25) is 11.8 Å². The van der Waals surface area contributed by atoms with Gasteiger partial charge < -0.3 is 14.8 Å². The summed E-state index contributed by atoms with van der Waals surface area (Å²) < 4.78 is 10.5. The number of amides is 1. The molecule has 8 heteroatoms. The van der Waals surface area contributed by atoms with Crippen LogP contribution >= 0.6 is 11.8 Å². The molecule has 0 saturated carbocycles. The Kier molecular flexibility index (Phi) is 10.5. The molecule has 0 aliphatic carbocycles. The molecule has 1 fully saturated rings. The first-order valence-corrected chi connectivity index (χ1v) is 10.7. The van der Waals surface area contributed by atoms with Gasteiger partial charge in [0.05, 0.1) is 5.75 Å². The van der Waals surface area contributed by atoms with Crippen LogP contribution in [0.4, 0.5) is 0 Å². The molecule has 0 atom stereocenters. The Hall–Kier alpha value is -2.06. The Bertz CT molecular complexity index is 648. The summed E-state index contributed by atoms with van der Waals surface area (Å²) >= 11 is 1.43. The third-order valence-electron chi connectivity index (χ3n) is 4.08. The van der Waals surface area contributed by atoms with E-state index in [1.165, 1.54) is 37.1 Å². The molecule has 7 nitrogen and oxygen atoms in total. The van der Waals surface area contributed by atoms with E-state index < -0.39 is 0 Å². The molecule has 0 radical (unpaired) electrons. The van der Waals surface area contributed by atoms with Crippen molar-refractivity contribution in [3.05, 3.63) is 36.0 Å². The maximum Gasteiger partial charge on any atom is 0.302 e. The van der Waals surface area contributed by atoms with Crippen LogP contribution in [0.15, 0.2) is 30.5 Å². The molecule has 28 heavy (non-hydrogen) atoms. The summed E-state index contributed by atoms with van der Waals surface area (Å²) in [5.41, 5.74) is 1.22. The van der Waals surface area contributed by atoms with Gasteiger partial charge in [-0.15, -0.1) is 11.8 Å². The van der Waals surface area contributed by atoms with Gasteiger partial charge in [0, 0.05) is 38.0 Å². The van der Waals surface area contributed by atoms with Crippen LogP contribution in [-0.2, 0) is 20.9 Å². The van der Waals surface area contributed by atoms with Crippen molar-refractivity contribution < 1.29 is 19.1 Å². The van der Waals surface area contributed by atoms with Crippen LogP contribution in [0, 0.1) is 0 Å². The van der Waals surface area contributed by atoms with Crippen LogP contribution in [0.3, 0.4) is 0 Å². The minimum Gasteiger partial charge on any atom is -0.473 e. The number of hydrogen-bond donors (Lipinski definition) is 1. The zero-order chi connectivity index (χ0) is 20.0. The average molecular weight is 408 g/mol. The van der Waals surface area contributed by atoms with Gasteiger partial charge in [0.1, 0.15) is 13.2 Å². The molecule has 0 aromatic carbocycles. The number of ether oxygens (including phenoxy) is 2. The highest BCUT2D eigenvalue weighted by atomic mass is 32.2. The minimum absolute atomic E-state index is 0.0466. The van der Waals surface area contributed by atoms with E-state index in [9.17, 15) is 9.59 Å². The van der Waals surface area contributed by atoms with E-state index in [2.05, 4.69) is 15.2 Å². The molecule has 2 heterocycles. The molecule has 154 valence electrons. The van der Waals surface area contributed by atoms with E-state index >= 15 is 0 Å². The number of pyridine rings is 1. The predicted octanol–water partition coefficient (Wildman–Crippen LogP) is 2.02. The van der Waals surface area contributed by atoms with Crippen molar-refractivity contribution in [2.24, 2.45) is 0 Å². The number of carbonyl (C=O) groups is 2. The highest BCUT2D eigenvalue weighted by Crippen LogP contribution is 2.15. The molecule has 0 spiro atoms. The van der Waals surface area contributed by atoms with Crippen LogP contribution in [0.5, 0.6) is 5.88 Å². The molecule has 1 amide bonds. The Morgan fingerprint density at radius 2 is 2.14 bits per heavy atom. The van der Waals surface area contributed by atoms with E-state index in [1.54, 1.807) is 6.20 Å². The molecule has 1 aromatic heterocycles. The van der Waals surface area contributed by atoms with Crippen LogP contribution in [0.2, 0.25) is 0 Å². The maximum atomic E-state index is 11.7. The summed E-state index contributed by atoms with van der Waals surface area (Å²) in [5.74, 6) is 1.23. The summed E-state index contributed by atoms with van der Waals surface area (Å²) in [6.45, 7) is 5.84. The quantitative estimate of drug-likeness (QED) is 0.323. The molecule has 1 saturated heterocycles. The van der Waals surface area contributed by atoms with Crippen LogP contribution < -0.4 is 10.1 Å². The first kappa shape index (κ1) is 22.2. The summed E-state index contributed by atoms with van der Waals surface area (Å²) in [5, 5.41) is 2.80. The Labute approximate surface area is 170 Å². The van der Waals surface area contributed by atoms with E-state index in [4.69, 9.17) is 9.47 Å². The third kappa shape index (κ3) is 9.75. The van der Waals surface area contributed by atoms with Crippen molar-refractivity contribution in [2.45, 2.75) is 26.3 Å². The third-order valence-corrected chi connectivity index (χ3v) is 5.00. The number of hydrogen-bond acceptors (Lipinski definition) is 7. The molecule has 1 aliphatic rings.